The SMILES string of the molecule is Clc1ccc(C2=CCN(N3CCCCC3)CC2)cc1. The van der Waals surface area contributed by atoms with Crippen molar-refractivity contribution < 1.29 is 0 Å². The molecule has 3 rings (SSSR count). The molecule has 0 N–H and O–H groups in total. The summed E-state index contributed by atoms with van der Waals surface area (Å²) in [7, 11) is 0. The van der Waals surface area contributed by atoms with Crippen LogP contribution in [0.25, 0.3) is 5.57 Å². The molecule has 0 radical (unpaired) electrons. The largest absolute Gasteiger partial charge is 0.241 e. The zero-order valence-corrected chi connectivity index (χ0v) is 12.1. The molecule has 2 aliphatic rings. The van der Waals surface area contributed by atoms with Crippen molar-refractivity contribution in [3.05, 3.63) is 40.9 Å². The molecular weight excluding hydrogens is 256 g/mol. The summed E-state index contributed by atoms with van der Waals surface area (Å²) in [4.78, 5) is 0. The van der Waals surface area contributed by atoms with Crippen LogP contribution < -0.4 is 0 Å². The maximum atomic E-state index is 5.94. The van der Waals surface area contributed by atoms with Crippen LogP contribution >= 0.6 is 11.6 Å². The van der Waals surface area contributed by atoms with E-state index in [9.17, 15) is 0 Å². The van der Waals surface area contributed by atoms with Gasteiger partial charge in [0.1, 0.15) is 0 Å². The monoisotopic (exact) mass is 276 g/mol. The zero-order chi connectivity index (χ0) is 13.1. The van der Waals surface area contributed by atoms with Crippen molar-refractivity contribution in [1.82, 2.24) is 10.0 Å². The minimum absolute atomic E-state index is 0.815. The van der Waals surface area contributed by atoms with Gasteiger partial charge in [-0.05, 0) is 42.5 Å². The molecule has 3 heteroatoms. The number of hydrazine groups is 1. The van der Waals surface area contributed by atoms with Gasteiger partial charge in [0.05, 0.1) is 0 Å². The van der Waals surface area contributed by atoms with E-state index in [0.29, 0.717) is 0 Å². The molecule has 0 amide bonds. The van der Waals surface area contributed by atoms with Crippen molar-refractivity contribution in [3.63, 3.8) is 0 Å². The third kappa shape index (κ3) is 3.19. The smallest absolute Gasteiger partial charge is 0.0406 e. The molecule has 102 valence electrons. The Morgan fingerprint density at radius 1 is 0.842 bits per heavy atom. The summed E-state index contributed by atoms with van der Waals surface area (Å²) in [5.41, 5.74) is 2.78. The topological polar surface area (TPSA) is 6.48 Å². The van der Waals surface area contributed by atoms with E-state index in [1.807, 2.05) is 12.1 Å². The normalized spacial score (nSPS) is 22.3. The first-order valence-electron chi connectivity index (χ1n) is 7.28. The van der Waals surface area contributed by atoms with E-state index in [1.54, 1.807) is 0 Å². The second-order valence-corrected chi connectivity index (χ2v) is 5.85. The van der Waals surface area contributed by atoms with Crippen molar-refractivity contribution >= 4 is 17.2 Å². The van der Waals surface area contributed by atoms with Gasteiger partial charge in [-0.15, -0.1) is 0 Å². The Hall–Kier alpha value is -0.830. The first kappa shape index (κ1) is 13.2. The van der Waals surface area contributed by atoms with E-state index in [0.717, 1.165) is 24.5 Å². The lowest BCUT2D eigenvalue weighted by Gasteiger charge is -2.39. The minimum atomic E-state index is 0.815. The molecule has 1 aromatic rings. The zero-order valence-electron chi connectivity index (χ0n) is 11.3. The maximum Gasteiger partial charge on any atom is 0.0406 e. The molecule has 2 heterocycles. The predicted octanol–water partition coefficient (Wildman–Crippen LogP) is 3.83. The summed E-state index contributed by atoms with van der Waals surface area (Å²) in [6.45, 7) is 4.68. The van der Waals surface area contributed by atoms with Crippen molar-refractivity contribution in [3.8, 4) is 0 Å². The molecule has 0 spiro atoms. The third-order valence-electron chi connectivity index (χ3n) is 4.14. The van der Waals surface area contributed by atoms with Gasteiger partial charge in [-0.25, -0.2) is 10.0 Å². The highest BCUT2D eigenvalue weighted by molar-refractivity contribution is 6.30. The average Bonchev–Trinajstić information content (AvgIpc) is 2.49. The van der Waals surface area contributed by atoms with Crippen LogP contribution in [0.3, 0.4) is 0 Å². The lowest BCUT2D eigenvalue weighted by Crippen LogP contribution is -2.47. The van der Waals surface area contributed by atoms with Crippen molar-refractivity contribution in [2.45, 2.75) is 25.7 Å². The van der Waals surface area contributed by atoms with Gasteiger partial charge in [-0.1, -0.05) is 36.2 Å². The van der Waals surface area contributed by atoms with Crippen LogP contribution in [0.1, 0.15) is 31.2 Å². The fraction of sp³-hybridized carbons (Fsp3) is 0.500. The summed E-state index contributed by atoms with van der Waals surface area (Å²) in [6, 6.07) is 8.22. The summed E-state index contributed by atoms with van der Waals surface area (Å²) in [6.07, 6.45) is 7.62. The van der Waals surface area contributed by atoms with Crippen LogP contribution in [0, 0.1) is 0 Å². The summed E-state index contributed by atoms with van der Waals surface area (Å²) in [5.74, 6) is 0. The fourth-order valence-corrected chi connectivity index (χ4v) is 3.13. The van der Waals surface area contributed by atoms with Crippen LogP contribution in [0.4, 0.5) is 0 Å². The van der Waals surface area contributed by atoms with Gasteiger partial charge in [-0.2, -0.15) is 0 Å². The lowest BCUT2D eigenvalue weighted by atomic mass is 10.00. The van der Waals surface area contributed by atoms with Gasteiger partial charge < -0.3 is 0 Å². The maximum absolute atomic E-state index is 5.94. The van der Waals surface area contributed by atoms with Gasteiger partial charge in [0, 0.05) is 31.2 Å². The standard InChI is InChI=1S/C16H21ClN2/c17-16-6-4-14(5-7-16)15-8-12-19(13-9-15)18-10-2-1-3-11-18/h4-8H,1-3,9-13H2. The first-order chi connectivity index (χ1) is 9.33. The molecule has 2 nitrogen and oxygen atoms in total. The predicted molar refractivity (Wildman–Crippen MR) is 81.0 cm³/mol. The van der Waals surface area contributed by atoms with Gasteiger partial charge in [-0.3, -0.25) is 0 Å². The quantitative estimate of drug-likeness (QED) is 0.810. The summed E-state index contributed by atoms with van der Waals surface area (Å²) >= 11 is 5.94. The highest BCUT2D eigenvalue weighted by Crippen LogP contribution is 2.25. The molecule has 19 heavy (non-hydrogen) atoms. The minimum Gasteiger partial charge on any atom is -0.241 e. The molecule has 1 aromatic carbocycles. The molecule has 0 atom stereocenters. The van der Waals surface area contributed by atoms with Gasteiger partial charge >= 0.3 is 0 Å². The van der Waals surface area contributed by atoms with Crippen LogP contribution in [-0.4, -0.2) is 36.2 Å². The third-order valence-corrected chi connectivity index (χ3v) is 4.39. The Kier molecular flexibility index (Phi) is 4.21. The highest BCUT2D eigenvalue weighted by atomic mass is 35.5. The van der Waals surface area contributed by atoms with E-state index < -0.39 is 0 Å². The number of piperidine rings is 1. The number of hydrogen-bond donors (Lipinski definition) is 0. The molecule has 0 bridgehead atoms. The van der Waals surface area contributed by atoms with E-state index >= 15 is 0 Å². The van der Waals surface area contributed by atoms with Crippen LogP contribution in [0.15, 0.2) is 30.3 Å². The van der Waals surface area contributed by atoms with Crippen molar-refractivity contribution in [1.29, 1.82) is 0 Å². The van der Waals surface area contributed by atoms with E-state index in [1.165, 1.54) is 43.5 Å². The molecule has 1 saturated heterocycles. The lowest BCUT2D eigenvalue weighted by molar-refractivity contribution is -0.0304. The van der Waals surface area contributed by atoms with Gasteiger partial charge in [0.2, 0.25) is 0 Å². The summed E-state index contributed by atoms with van der Waals surface area (Å²) in [5, 5.41) is 5.87. The highest BCUT2D eigenvalue weighted by Gasteiger charge is 2.20. The average molecular weight is 277 g/mol. The first-order valence-corrected chi connectivity index (χ1v) is 7.65. The van der Waals surface area contributed by atoms with Crippen LogP contribution in [0.2, 0.25) is 5.02 Å². The van der Waals surface area contributed by atoms with Crippen molar-refractivity contribution in [2.24, 2.45) is 0 Å². The summed E-state index contributed by atoms with van der Waals surface area (Å²) < 4.78 is 0. The molecule has 0 unspecified atom stereocenters. The Morgan fingerprint density at radius 3 is 2.21 bits per heavy atom. The van der Waals surface area contributed by atoms with E-state index in [-0.39, 0.29) is 0 Å². The Balaban J connectivity index is 1.64. The van der Waals surface area contributed by atoms with Crippen LogP contribution in [0.5, 0.6) is 0 Å². The Bertz CT molecular complexity index is 446. The second-order valence-electron chi connectivity index (χ2n) is 5.41. The molecule has 0 aliphatic carbocycles. The van der Waals surface area contributed by atoms with Gasteiger partial charge in [0.25, 0.3) is 0 Å². The number of benzene rings is 1. The Labute approximate surface area is 120 Å². The molecule has 0 saturated carbocycles. The number of hydrogen-bond acceptors (Lipinski definition) is 2. The van der Waals surface area contributed by atoms with E-state index in [2.05, 4.69) is 28.2 Å². The van der Waals surface area contributed by atoms with Gasteiger partial charge in [0.15, 0.2) is 0 Å². The second kappa shape index (κ2) is 6.08. The Morgan fingerprint density at radius 2 is 1.58 bits per heavy atom. The van der Waals surface area contributed by atoms with E-state index in [4.69, 9.17) is 11.6 Å². The molecule has 1 fully saturated rings. The molecule has 2 aliphatic heterocycles. The van der Waals surface area contributed by atoms with Crippen molar-refractivity contribution in [2.75, 3.05) is 26.2 Å². The fourth-order valence-electron chi connectivity index (χ4n) is 3.00. The van der Waals surface area contributed by atoms with Crippen LogP contribution in [-0.2, 0) is 0 Å². The number of rotatable bonds is 2. The molecular formula is C16H21ClN2. The number of halogens is 1. The molecule has 0 aromatic heterocycles. The number of nitrogens with zero attached hydrogens (tertiary/aromatic N) is 2.